The largest absolute Gasteiger partial charge is 0.487 e. The molecule has 0 saturated heterocycles. The Hall–Kier alpha value is -2.49. The van der Waals surface area contributed by atoms with E-state index in [9.17, 15) is 5.26 Å². The van der Waals surface area contributed by atoms with E-state index in [0.717, 1.165) is 16.8 Å². The summed E-state index contributed by atoms with van der Waals surface area (Å²) in [6.45, 7) is 12.3. The molecule has 0 fully saturated rings. The van der Waals surface area contributed by atoms with Crippen molar-refractivity contribution >= 4 is 19.7 Å². The van der Waals surface area contributed by atoms with Crippen molar-refractivity contribution in [3.05, 3.63) is 53.1 Å². The molecule has 1 atom stereocenters. The first-order chi connectivity index (χ1) is 13.6. The molecule has 0 aliphatic carbocycles. The normalized spacial score (nSPS) is 16.5. The van der Waals surface area contributed by atoms with Gasteiger partial charge in [0.05, 0.1) is 17.4 Å². The summed E-state index contributed by atoms with van der Waals surface area (Å²) in [6, 6.07) is 14.1. The van der Waals surface area contributed by atoms with Crippen molar-refractivity contribution in [1.82, 2.24) is 0 Å². The van der Waals surface area contributed by atoms with Crippen molar-refractivity contribution in [3.8, 4) is 11.8 Å². The molecule has 0 amide bonds. The van der Waals surface area contributed by atoms with E-state index >= 15 is 0 Å². The highest BCUT2D eigenvalue weighted by molar-refractivity contribution is 6.74. The number of nitrogens with two attached hydrogens (primary N) is 1. The van der Waals surface area contributed by atoms with Crippen LogP contribution in [0.3, 0.4) is 0 Å². The number of nitrogen functional groups attached to an aromatic ring is 1. The van der Waals surface area contributed by atoms with Gasteiger partial charge in [-0.2, -0.15) is 5.26 Å². The quantitative estimate of drug-likeness (QED) is 0.532. The van der Waals surface area contributed by atoms with Crippen LogP contribution in [0.25, 0.3) is 0 Å². The second-order valence-corrected chi connectivity index (χ2v) is 13.9. The first-order valence-electron chi connectivity index (χ1n) is 10.1. The Balaban J connectivity index is 1.82. The fraction of sp³-hybridized carbons (Fsp3) is 0.435. The second-order valence-electron chi connectivity index (χ2n) is 9.16. The Bertz CT molecular complexity index is 914. The SMILES string of the molecule is CC(C)(C)[Si](C)(C)O[C@@H]1CNc2cc(OCc3ccccc3)c(N)c(C#N)c2C1. The predicted molar refractivity (Wildman–Crippen MR) is 121 cm³/mol. The predicted octanol–water partition coefficient (Wildman–Crippen LogP) is 5.08. The number of benzene rings is 2. The van der Waals surface area contributed by atoms with Crippen LogP contribution in [0, 0.1) is 11.3 Å². The van der Waals surface area contributed by atoms with Crippen molar-refractivity contribution in [1.29, 1.82) is 5.26 Å². The molecular formula is C23H31N3O2Si. The van der Waals surface area contributed by atoms with Crippen LogP contribution in [0.15, 0.2) is 36.4 Å². The standard InChI is InChI=1S/C23H31N3O2Si/c1-23(2,3)29(4,5)28-17-11-18-19(13-24)22(25)21(12-20(18)26-14-17)27-15-16-9-7-6-8-10-16/h6-10,12,17,26H,11,14-15,25H2,1-5H3/t17-/m0/s1. The van der Waals surface area contributed by atoms with Gasteiger partial charge in [-0.3, -0.25) is 0 Å². The lowest BCUT2D eigenvalue weighted by Gasteiger charge is -2.41. The van der Waals surface area contributed by atoms with Crippen LogP contribution in [0.4, 0.5) is 11.4 Å². The van der Waals surface area contributed by atoms with Gasteiger partial charge in [-0.25, -0.2) is 0 Å². The van der Waals surface area contributed by atoms with E-state index in [1.165, 1.54) is 0 Å². The lowest BCUT2D eigenvalue weighted by molar-refractivity contribution is 0.189. The first kappa shape index (κ1) is 21.2. The van der Waals surface area contributed by atoms with E-state index in [1.807, 2.05) is 36.4 Å². The van der Waals surface area contributed by atoms with E-state index in [1.54, 1.807) is 0 Å². The molecule has 0 radical (unpaired) electrons. The molecule has 3 N–H and O–H groups in total. The molecule has 0 saturated carbocycles. The van der Waals surface area contributed by atoms with Crippen LogP contribution < -0.4 is 15.8 Å². The van der Waals surface area contributed by atoms with E-state index in [4.69, 9.17) is 14.9 Å². The average Bonchev–Trinajstić information content (AvgIpc) is 2.66. The third-order valence-electron chi connectivity index (χ3n) is 6.01. The Morgan fingerprint density at radius 1 is 1.24 bits per heavy atom. The van der Waals surface area contributed by atoms with Crippen LogP contribution >= 0.6 is 0 Å². The number of nitriles is 1. The minimum atomic E-state index is -1.89. The van der Waals surface area contributed by atoms with E-state index in [-0.39, 0.29) is 11.1 Å². The zero-order valence-corrected chi connectivity index (χ0v) is 19.0. The lowest BCUT2D eigenvalue weighted by atomic mass is 9.95. The zero-order chi connectivity index (χ0) is 21.2. The van der Waals surface area contributed by atoms with Crippen LogP contribution in [0.2, 0.25) is 18.1 Å². The number of fused-ring (bicyclic) bond motifs is 1. The molecule has 1 aliphatic heterocycles. The topological polar surface area (TPSA) is 80.3 Å². The van der Waals surface area contributed by atoms with E-state index in [0.29, 0.717) is 36.6 Å². The van der Waals surface area contributed by atoms with E-state index in [2.05, 4.69) is 45.3 Å². The summed E-state index contributed by atoms with van der Waals surface area (Å²) in [6.07, 6.45) is 0.715. The van der Waals surface area contributed by atoms with Gasteiger partial charge in [0.1, 0.15) is 18.4 Å². The van der Waals surface area contributed by atoms with Crippen LogP contribution in [0.1, 0.15) is 37.5 Å². The maximum atomic E-state index is 9.79. The van der Waals surface area contributed by atoms with Gasteiger partial charge in [0.2, 0.25) is 0 Å². The van der Waals surface area contributed by atoms with Gasteiger partial charge in [0.15, 0.2) is 8.32 Å². The second kappa shape index (κ2) is 8.09. The summed E-state index contributed by atoms with van der Waals surface area (Å²) >= 11 is 0. The Morgan fingerprint density at radius 3 is 2.55 bits per heavy atom. The summed E-state index contributed by atoms with van der Waals surface area (Å²) in [5, 5.41) is 13.4. The number of hydrogen-bond donors (Lipinski definition) is 2. The summed E-state index contributed by atoms with van der Waals surface area (Å²) < 4.78 is 12.5. The van der Waals surface area contributed by atoms with Gasteiger partial charge in [-0.15, -0.1) is 0 Å². The van der Waals surface area contributed by atoms with Crippen LogP contribution in [0.5, 0.6) is 5.75 Å². The van der Waals surface area contributed by atoms with Gasteiger partial charge in [0.25, 0.3) is 0 Å². The third kappa shape index (κ3) is 4.57. The van der Waals surface area contributed by atoms with Crippen molar-refractivity contribution in [2.75, 3.05) is 17.6 Å². The molecule has 0 spiro atoms. The molecule has 154 valence electrons. The number of anilines is 2. The molecule has 2 aromatic carbocycles. The molecule has 2 aromatic rings. The van der Waals surface area contributed by atoms with Gasteiger partial charge < -0.3 is 20.2 Å². The van der Waals surface area contributed by atoms with Crippen molar-refractivity contribution in [2.24, 2.45) is 0 Å². The highest BCUT2D eigenvalue weighted by Gasteiger charge is 2.40. The first-order valence-corrected chi connectivity index (χ1v) is 13.0. The average molecular weight is 410 g/mol. The molecular weight excluding hydrogens is 378 g/mol. The number of hydrogen-bond acceptors (Lipinski definition) is 5. The van der Waals surface area contributed by atoms with Crippen molar-refractivity contribution in [2.45, 2.75) is 58.0 Å². The highest BCUT2D eigenvalue weighted by Crippen LogP contribution is 2.41. The smallest absolute Gasteiger partial charge is 0.192 e. The summed E-state index contributed by atoms with van der Waals surface area (Å²) in [5.74, 6) is 0.542. The number of rotatable bonds is 5. The maximum Gasteiger partial charge on any atom is 0.192 e. The molecule has 6 heteroatoms. The Kier molecular flexibility index (Phi) is 5.92. The van der Waals surface area contributed by atoms with Gasteiger partial charge in [0, 0.05) is 24.7 Å². The third-order valence-corrected chi connectivity index (χ3v) is 10.5. The fourth-order valence-electron chi connectivity index (χ4n) is 3.27. The Labute approximate surface area is 175 Å². The molecule has 1 heterocycles. The minimum absolute atomic E-state index is 0.0333. The van der Waals surface area contributed by atoms with Crippen molar-refractivity contribution in [3.63, 3.8) is 0 Å². The van der Waals surface area contributed by atoms with E-state index < -0.39 is 8.32 Å². The molecule has 3 rings (SSSR count). The maximum absolute atomic E-state index is 9.79. The molecule has 0 bridgehead atoms. The van der Waals surface area contributed by atoms with Gasteiger partial charge in [-0.1, -0.05) is 51.1 Å². The molecule has 0 unspecified atom stereocenters. The summed E-state index contributed by atoms with van der Waals surface area (Å²) in [7, 11) is -1.89. The molecule has 29 heavy (non-hydrogen) atoms. The van der Waals surface area contributed by atoms with Gasteiger partial charge in [-0.05, 0) is 29.3 Å². The number of ether oxygens (including phenoxy) is 1. The fourth-order valence-corrected chi connectivity index (χ4v) is 4.62. The molecule has 5 nitrogen and oxygen atoms in total. The van der Waals surface area contributed by atoms with Crippen LogP contribution in [-0.4, -0.2) is 21.0 Å². The van der Waals surface area contributed by atoms with Crippen LogP contribution in [-0.2, 0) is 17.5 Å². The number of nitrogens with zero attached hydrogens (tertiary/aromatic N) is 1. The highest BCUT2D eigenvalue weighted by atomic mass is 28.4. The monoisotopic (exact) mass is 409 g/mol. The number of nitrogens with one attached hydrogen (secondary N) is 1. The minimum Gasteiger partial charge on any atom is -0.487 e. The summed E-state index contributed by atoms with van der Waals surface area (Å²) in [5.41, 5.74) is 10.1. The Morgan fingerprint density at radius 2 is 1.93 bits per heavy atom. The molecule has 1 aliphatic rings. The lowest BCUT2D eigenvalue weighted by Crippen LogP contribution is -2.47. The zero-order valence-electron chi connectivity index (χ0n) is 18.0. The summed E-state index contributed by atoms with van der Waals surface area (Å²) in [4.78, 5) is 0. The van der Waals surface area contributed by atoms with Crippen molar-refractivity contribution < 1.29 is 9.16 Å². The molecule has 0 aromatic heterocycles. The van der Waals surface area contributed by atoms with Gasteiger partial charge >= 0.3 is 0 Å².